The molecular formula is C20H22N2O3. The van der Waals surface area contributed by atoms with Gasteiger partial charge in [0.2, 0.25) is 5.91 Å². The molecular weight excluding hydrogens is 316 g/mol. The van der Waals surface area contributed by atoms with Gasteiger partial charge in [-0.1, -0.05) is 30.3 Å². The Labute approximate surface area is 147 Å². The quantitative estimate of drug-likeness (QED) is 0.815. The van der Waals surface area contributed by atoms with E-state index in [9.17, 15) is 9.59 Å². The number of rotatable bonds is 7. The fourth-order valence-electron chi connectivity index (χ4n) is 2.46. The number of benzene rings is 2. The Kier molecular flexibility index (Phi) is 5.33. The number of hydrogen-bond acceptors (Lipinski definition) is 3. The van der Waals surface area contributed by atoms with Crippen LogP contribution in [0.15, 0.2) is 48.5 Å². The minimum Gasteiger partial charge on any atom is -0.484 e. The largest absolute Gasteiger partial charge is 0.484 e. The summed E-state index contributed by atoms with van der Waals surface area (Å²) in [5, 5.41) is 5.74. The number of hydrogen-bond donors (Lipinski definition) is 2. The van der Waals surface area contributed by atoms with Crippen LogP contribution in [0.2, 0.25) is 0 Å². The van der Waals surface area contributed by atoms with Crippen molar-refractivity contribution in [2.75, 3.05) is 11.9 Å². The zero-order chi connectivity index (χ0) is 17.6. The first-order valence-corrected chi connectivity index (χ1v) is 8.47. The van der Waals surface area contributed by atoms with Crippen LogP contribution in [0.25, 0.3) is 0 Å². The molecule has 0 aromatic heterocycles. The molecule has 5 nitrogen and oxygen atoms in total. The molecule has 2 N–H and O–H groups in total. The van der Waals surface area contributed by atoms with E-state index in [2.05, 4.69) is 10.6 Å². The summed E-state index contributed by atoms with van der Waals surface area (Å²) in [6.45, 7) is 2.31. The van der Waals surface area contributed by atoms with Crippen molar-refractivity contribution >= 4 is 17.5 Å². The summed E-state index contributed by atoms with van der Waals surface area (Å²) in [4.78, 5) is 23.8. The number of nitrogens with one attached hydrogen (secondary N) is 2. The first-order chi connectivity index (χ1) is 12.1. The molecule has 5 heteroatoms. The highest BCUT2D eigenvalue weighted by Crippen LogP contribution is 2.30. The average molecular weight is 338 g/mol. The van der Waals surface area contributed by atoms with Crippen LogP contribution in [0, 0.1) is 12.8 Å². The first-order valence-electron chi connectivity index (χ1n) is 8.47. The van der Waals surface area contributed by atoms with Crippen LogP contribution in [-0.2, 0) is 16.1 Å². The Balaban J connectivity index is 1.46. The number of para-hydroxylation sites is 1. The number of carbonyl (C=O) groups is 2. The summed E-state index contributed by atoms with van der Waals surface area (Å²) in [5.74, 6) is 0.771. The minimum atomic E-state index is -0.185. The third-order valence-electron chi connectivity index (χ3n) is 4.08. The summed E-state index contributed by atoms with van der Waals surface area (Å²) in [7, 11) is 0. The Bertz CT molecular complexity index is 769. The van der Waals surface area contributed by atoms with Crippen molar-refractivity contribution in [1.82, 2.24) is 5.32 Å². The molecule has 0 aliphatic heterocycles. The van der Waals surface area contributed by atoms with E-state index in [1.54, 1.807) is 0 Å². The highest BCUT2D eigenvalue weighted by Gasteiger charge is 2.29. The maximum absolute atomic E-state index is 12.0. The van der Waals surface area contributed by atoms with E-state index in [0.29, 0.717) is 12.3 Å². The molecule has 0 atom stereocenters. The topological polar surface area (TPSA) is 67.4 Å². The lowest BCUT2D eigenvalue weighted by atomic mass is 10.2. The fraction of sp³-hybridized carbons (Fsp3) is 0.300. The second-order valence-corrected chi connectivity index (χ2v) is 6.29. The number of carbonyl (C=O) groups excluding carboxylic acids is 2. The molecule has 0 bridgehead atoms. The van der Waals surface area contributed by atoms with Crippen LogP contribution in [-0.4, -0.2) is 18.4 Å². The highest BCUT2D eigenvalue weighted by molar-refractivity contribution is 5.94. The number of ether oxygens (including phenoxy) is 1. The highest BCUT2D eigenvalue weighted by atomic mass is 16.5. The van der Waals surface area contributed by atoms with E-state index in [0.717, 1.165) is 29.7 Å². The minimum absolute atomic E-state index is 0.0248. The lowest BCUT2D eigenvalue weighted by Gasteiger charge is -2.10. The second kappa shape index (κ2) is 7.83. The van der Waals surface area contributed by atoms with Crippen molar-refractivity contribution in [3.63, 3.8) is 0 Å². The fourth-order valence-corrected chi connectivity index (χ4v) is 2.46. The third kappa shape index (κ3) is 5.08. The molecule has 2 amide bonds. The van der Waals surface area contributed by atoms with Gasteiger partial charge in [-0.3, -0.25) is 9.59 Å². The number of aryl methyl sites for hydroxylation is 1. The standard InChI is InChI=1S/C20H22N2O3/c1-14-5-2-3-8-18(14)25-13-19(23)21-12-15-6-4-7-17(11-15)22-20(24)16-9-10-16/h2-8,11,16H,9-10,12-13H2,1H3,(H,21,23)(H,22,24). The van der Waals surface area contributed by atoms with Crippen LogP contribution < -0.4 is 15.4 Å². The van der Waals surface area contributed by atoms with Gasteiger partial charge < -0.3 is 15.4 Å². The van der Waals surface area contributed by atoms with Gasteiger partial charge >= 0.3 is 0 Å². The molecule has 1 saturated carbocycles. The van der Waals surface area contributed by atoms with Crippen molar-refractivity contribution in [2.24, 2.45) is 5.92 Å². The van der Waals surface area contributed by atoms with E-state index >= 15 is 0 Å². The van der Waals surface area contributed by atoms with Crippen molar-refractivity contribution in [2.45, 2.75) is 26.3 Å². The van der Waals surface area contributed by atoms with Gasteiger partial charge in [0.05, 0.1) is 0 Å². The Hall–Kier alpha value is -2.82. The maximum Gasteiger partial charge on any atom is 0.258 e. The molecule has 0 saturated heterocycles. The van der Waals surface area contributed by atoms with Crippen LogP contribution in [0.4, 0.5) is 5.69 Å². The van der Waals surface area contributed by atoms with E-state index in [-0.39, 0.29) is 24.3 Å². The zero-order valence-electron chi connectivity index (χ0n) is 14.2. The summed E-state index contributed by atoms with van der Waals surface area (Å²) < 4.78 is 5.53. The SMILES string of the molecule is Cc1ccccc1OCC(=O)NCc1cccc(NC(=O)C2CC2)c1. The van der Waals surface area contributed by atoms with Crippen molar-refractivity contribution in [3.8, 4) is 5.75 Å². The molecule has 2 aromatic carbocycles. The molecule has 0 spiro atoms. The monoisotopic (exact) mass is 338 g/mol. The second-order valence-electron chi connectivity index (χ2n) is 6.29. The predicted molar refractivity (Wildman–Crippen MR) is 96.3 cm³/mol. The molecule has 130 valence electrons. The first kappa shape index (κ1) is 17.0. The molecule has 1 aliphatic rings. The van der Waals surface area contributed by atoms with Gasteiger partial charge in [-0.2, -0.15) is 0 Å². The molecule has 0 radical (unpaired) electrons. The van der Waals surface area contributed by atoms with E-state index in [1.165, 1.54) is 0 Å². The third-order valence-corrected chi connectivity index (χ3v) is 4.08. The van der Waals surface area contributed by atoms with Gasteiger partial charge in [0.25, 0.3) is 5.91 Å². The molecule has 1 fully saturated rings. The smallest absolute Gasteiger partial charge is 0.258 e. The lowest BCUT2D eigenvalue weighted by Crippen LogP contribution is -2.28. The normalized spacial score (nSPS) is 13.2. The Morgan fingerprint density at radius 2 is 1.92 bits per heavy atom. The molecule has 25 heavy (non-hydrogen) atoms. The van der Waals surface area contributed by atoms with E-state index in [1.807, 2.05) is 55.5 Å². The van der Waals surface area contributed by atoms with Gasteiger partial charge in [0.15, 0.2) is 6.61 Å². The van der Waals surface area contributed by atoms with Gasteiger partial charge in [0.1, 0.15) is 5.75 Å². The molecule has 0 heterocycles. The number of amides is 2. The van der Waals surface area contributed by atoms with Crippen LogP contribution in [0.5, 0.6) is 5.75 Å². The van der Waals surface area contributed by atoms with Gasteiger partial charge in [-0.25, -0.2) is 0 Å². The average Bonchev–Trinajstić information content (AvgIpc) is 3.45. The van der Waals surface area contributed by atoms with Gasteiger partial charge in [-0.15, -0.1) is 0 Å². The van der Waals surface area contributed by atoms with Crippen LogP contribution in [0.3, 0.4) is 0 Å². The Morgan fingerprint density at radius 3 is 2.68 bits per heavy atom. The van der Waals surface area contributed by atoms with Crippen molar-refractivity contribution in [3.05, 3.63) is 59.7 Å². The summed E-state index contributed by atoms with van der Waals surface area (Å²) in [6, 6.07) is 15.1. The van der Waals surface area contributed by atoms with Gasteiger partial charge in [-0.05, 0) is 49.1 Å². The zero-order valence-corrected chi connectivity index (χ0v) is 14.2. The molecule has 1 aliphatic carbocycles. The van der Waals surface area contributed by atoms with Gasteiger partial charge in [0, 0.05) is 18.2 Å². The van der Waals surface area contributed by atoms with Crippen LogP contribution >= 0.6 is 0 Å². The molecule has 2 aromatic rings. The molecule has 3 rings (SSSR count). The van der Waals surface area contributed by atoms with Crippen LogP contribution in [0.1, 0.15) is 24.0 Å². The summed E-state index contributed by atoms with van der Waals surface area (Å²) >= 11 is 0. The van der Waals surface area contributed by atoms with Crippen molar-refractivity contribution < 1.29 is 14.3 Å². The summed E-state index contributed by atoms with van der Waals surface area (Å²) in [6.07, 6.45) is 1.95. The summed E-state index contributed by atoms with van der Waals surface area (Å²) in [5.41, 5.74) is 2.69. The van der Waals surface area contributed by atoms with E-state index in [4.69, 9.17) is 4.74 Å². The molecule has 0 unspecified atom stereocenters. The van der Waals surface area contributed by atoms with Crippen molar-refractivity contribution in [1.29, 1.82) is 0 Å². The lowest BCUT2D eigenvalue weighted by molar-refractivity contribution is -0.123. The Morgan fingerprint density at radius 1 is 1.12 bits per heavy atom. The predicted octanol–water partition coefficient (Wildman–Crippen LogP) is 3.04. The van der Waals surface area contributed by atoms with E-state index < -0.39 is 0 Å². The number of anilines is 1. The maximum atomic E-state index is 12.0.